The Morgan fingerprint density at radius 3 is 2.62 bits per heavy atom. The number of carbonyl (C=O) groups excluding carboxylic acids is 2. The van der Waals surface area contributed by atoms with Crippen LogP contribution in [0.5, 0.6) is 5.75 Å². The SMILES string of the molecule is COC(=O)Cc1c(F)ccc(OC)c1C=O. The quantitative estimate of drug-likeness (QED) is 0.574. The maximum Gasteiger partial charge on any atom is 0.310 e. The van der Waals surface area contributed by atoms with E-state index in [9.17, 15) is 14.0 Å². The van der Waals surface area contributed by atoms with E-state index in [0.717, 1.165) is 6.07 Å². The van der Waals surface area contributed by atoms with Crippen LogP contribution in [0.3, 0.4) is 0 Å². The molecule has 0 aromatic heterocycles. The highest BCUT2D eigenvalue weighted by molar-refractivity contribution is 5.85. The Balaban J connectivity index is 3.23. The van der Waals surface area contributed by atoms with Crippen molar-refractivity contribution in [2.24, 2.45) is 0 Å². The molecule has 0 radical (unpaired) electrons. The largest absolute Gasteiger partial charge is 0.496 e. The van der Waals surface area contributed by atoms with Gasteiger partial charge in [0.05, 0.1) is 26.2 Å². The number of hydrogen-bond donors (Lipinski definition) is 0. The molecule has 1 aromatic rings. The Morgan fingerprint density at radius 2 is 2.12 bits per heavy atom. The Kier molecular flexibility index (Phi) is 3.99. The molecule has 86 valence electrons. The van der Waals surface area contributed by atoms with E-state index in [2.05, 4.69) is 4.74 Å². The van der Waals surface area contributed by atoms with E-state index in [1.807, 2.05) is 0 Å². The van der Waals surface area contributed by atoms with E-state index in [-0.39, 0.29) is 23.3 Å². The smallest absolute Gasteiger partial charge is 0.310 e. The summed E-state index contributed by atoms with van der Waals surface area (Å²) in [5.74, 6) is -1.01. The fourth-order valence-electron chi connectivity index (χ4n) is 1.32. The van der Waals surface area contributed by atoms with Crippen LogP contribution in [0.2, 0.25) is 0 Å². The molecule has 5 heteroatoms. The van der Waals surface area contributed by atoms with Gasteiger partial charge in [0.25, 0.3) is 0 Å². The van der Waals surface area contributed by atoms with E-state index < -0.39 is 11.8 Å². The second kappa shape index (κ2) is 5.25. The van der Waals surface area contributed by atoms with Crippen molar-refractivity contribution in [1.29, 1.82) is 0 Å². The van der Waals surface area contributed by atoms with E-state index >= 15 is 0 Å². The maximum absolute atomic E-state index is 13.4. The van der Waals surface area contributed by atoms with Gasteiger partial charge >= 0.3 is 5.97 Å². The van der Waals surface area contributed by atoms with Gasteiger partial charge in [-0.1, -0.05) is 0 Å². The first-order chi connectivity index (χ1) is 7.63. The van der Waals surface area contributed by atoms with E-state index in [1.165, 1.54) is 20.3 Å². The van der Waals surface area contributed by atoms with Gasteiger partial charge in [0.15, 0.2) is 6.29 Å². The third-order valence-electron chi connectivity index (χ3n) is 2.15. The van der Waals surface area contributed by atoms with Crippen LogP contribution in [0.1, 0.15) is 15.9 Å². The molecular weight excluding hydrogens is 215 g/mol. The van der Waals surface area contributed by atoms with Crippen LogP contribution in [0.25, 0.3) is 0 Å². The number of aldehydes is 1. The summed E-state index contributed by atoms with van der Waals surface area (Å²) in [7, 11) is 2.56. The molecule has 0 heterocycles. The lowest BCUT2D eigenvalue weighted by atomic mass is 10.0. The Labute approximate surface area is 92.0 Å². The Bertz CT molecular complexity index is 415. The van der Waals surface area contributed by atoms with Crippen LogP contribution in [0.4, 0.5) is 4.39 Å². The molecule has 4 nitrogen and oxygen atoms in total. The molecule has 1 aromatic carbocycles. The molecule has 0 bridgehead atoms. The van der Waals surface area contributed by atoms with E-state index in [0.29, 0.717) is 6.29 Å². The molecule has 0 spiro atoms. The average Bonchev–Trinajstić information content (AvgIpc) is 2.31. The molecular formula is C11H11FO4. The van der Waals surface area contributed by atoms with Crippen molar-refractivity contribution in [3.8, 4) is 5.75 Å². The molecule has 0 aliphatic heterocycles. The first kappa shape index (κ1) is 12.2. The number of methoxy groups -OCH3 is 2. The van der Waals surface area contributed by atoms with Gasteiger partial charge in [0.2, 0.25) is 0 Å². The molecule has 0 N–H and O–H groups in total. The highest BCUT2D eigenvalue weighted by atomic mass is 19.1. The zero-order chi connectivity index (χ0) is 12.1. The monoisotopic (exact) mass is 226 g/mol. The number of carbonyl (C=O) groups is 2. The first-order valence-electron chi connectivity index (χ1n) is 4.51. The van der Waals surface area contributed by atoms with Gasteiger partial charge in [-0.25, -0.2) is 4.39 Å². The van der Waals surface area contributed by atoms with Crippen molar-refractivity contribution in [1.82, 2.24) is 0 Å². The van der Waals surface area contributed by atoms with Crippen LogP contribution >= 0.6 is 0 Å². The molecule has 16 heavy (non-hydrogen) atoms. The normalized spacial score (nSPS) is 9.69. The van der Waals surface area contributed by atoms with Crippen LogP contribution in [-0.2, 0) is 16.0 Å². The zero-order valence-corrected chi connectivity index (χ0v) is 8.95. The zero-order valence-electron chi connectivity index (χ0n) is 8.95. The molecule has 0 amide bonds. The van der Waals surface area contributed by atoms with Crippen molar-refractivity contribution in [3.63, 3.8) is 0 Å². The minimum absolute atomic E-state index is 0.0128. The first-order valence-corrected chi connectivity index (χ1v) is 4.51. The molecule has 0 aliphatic carbocycles. The molecule has 0 saturated heterocycles. The lowest BCUT2D eigenvalue weighted by molar-refractivity contribution is -0.139. The van der Waals surface area contributed by atoms with Crippen LogP contribution in [-0.4, -0.2) is 26.5 Å². The number of rotatable bonds is 4. The summed E-state index contributed by atoms with van der Waals surface area (Å²) in [6, 6.07) is 2.48. The van der Waals surface area contributed by atoms with Gasteiger partial charge < -0.3 is 9.47 Å². The van der Waals surface area contributed by atoms with Crippen molar-refractivity contribution < 1.29 is 23.5 Å². The highest BCUT2D eigenvalue weighted by Gasteiger charge is 2.16. The number of esters is 1. The fourth-order valence-corrected chi connectivity index (χ4v) is 1.32. The topological polar surface area (TPSA) is 52.6 Å². The van der Waals surface area contributed by atoms with Crippen molar-refractivity contribution >= 4 is 12.3 Å². The van der Waals surface area contributed by atoms with Gasteiger partial charge in [-0.3, -0.25) is 9.59 Å². The lowest BCUT2D eigenvalue weighted by Gasteiger charge is -2.09. The summed E-state index contributed by atoms with van der Waals surface area (Å²) in [6.45, 7) is 0. The third kappa shape index (κ3) is 2.36. The minimum atomic E-state index is -0.631. The summed E-state index contributed by atoms with van der Waals surface area (Å²) >= 11 is 0. The van der Waals surface area contributed by atoms with Crippen LogP contribution < -0.4 is 4.74 Å². The number of benzene rings is 1. The van der Waals surface area contributed by atoms with Crippen LogP contribution in [0, 0.1) is 5.82 Å². The van der Waals surface area contributed by atoms with Gasteiger partial charge in [0.1, 0.15) is 11.6 Å². The molecule has 0 unspecified atom stereocenters. The van der Waals surface area contributed by atoms with Crippen molar-refractivity contribution in [2.75, 3.05) is 14.2 Å². The Morgan fingerprint density at radius 1 is 1.44 bits per heavy atom. The maximum atomic E-state index is 13.4. The summed E-state index contributed by atoms with van der Waals surface area (Å²) < 4.78 is 22.7. The number of hydrogen-bond acceptors (Lipinski definition) is 4. The standard InChI is InChI=1S/C11H11FO4/c1-15-10-4-3-9(12)7(8(10)6-13)5-11(14)16-2/h3-4,6H,5H2,1-2H3. The van der Waals surface area contributed by atoms with Crippen molar-refractivity contribution in [2.45, 2.75) is 6.42 Å². The van der Waals surface area contributed by atoms with E-state index in [4.69, 9.17) is 4.74 Å². The van der Waals surface area contributed by atoms with Gasteiger partial charge in [-0.15, -0.1) is 0 Å². The van der Waals surface area contributed by atoms with Crippen molar-refractivity contribution in [3.05, 3.63) is 29.1 Å². The van der Waals surface area contributed by atoms with Gasteiger partial charge in [-0.05, 0) is 12.1 Å². The minimum Gasteiger partial charge on any atom is -0.496 e. The summed E-state index contributed by atoms with van der Waals surface area (Å²) in [5.41, 5.74) is 0.0223. The summed E-state index contributed by atoms with van der Waals surface area (Å²) in [5, 5.41) is 0. The third-order valence-corrected chi connectivity index (χ3v) is 2.15. The second-order valence-electron chi connectivity index (χ2n) is 3.01. The second-order valence-corrected chi connectivity index (χ2v) is 3.01. The van der Waals surface area contributed by atoms with Gasteiger partial charge in [0, 0.05) is 5.56 Å². The molecule has 0 fully saturated rings. The van der Waals surface area contributed by atoms with Crippen LogP contribution in [0.15, 0.2) is 12.1 Å². The molecule has 0 aliphatic rings. The fraction of sp³-hybridized carbons (Fsp3) is 0.273. The molecule has 0 atom stereocenters. The average molecular weight is 226 g/mol. The summed E-state index contributed by atoms with van der Waals surface area (Å²) in [4.78, 5) is 21.9. The molecule has 1 rings (SSSR count). The van der Waals surface area contributed by atoms with E-state index in [1.54, 1.807) is 0 Å². The Hall–Kier alpha value is -1.91. The highest BCUT2D eigenvalue weighted by Crippen LogP contribution is 2.23. The number of ether oxygens (including phenoxy) is 2. The summed E-state index contributed by atoms with van der Waals surface area (Å²) in [6.07, 6.45) is 0.161. The predicted molar refractivity (Wildman–Crippen MR) is 54.1 cm³/mol. The predicted octanol–water partition coefficient (Wildman–Crippen LogP) is 1.36. The number of halogens is 1. The van der Waals surface area contributed by atoms with Gasteiger partial charge in [-0.2, -0.15) is 0 Å². The lowest BCUT2D eigenvalue weighted by Crippen LogP contribution is -2.09. The molecule has 0 saturated carbocycles.